The van der Waals surface area contributed by atoms with Crippen molar-refractivity contribution in [2.45, 2.75) is 32.6 Å². The summed E-state index contributed by atoms with van der Waals surface area (Å²) in [4.78, 5) is 24.9. The molecule has 0 N–H and O–H groups in total. The molecule has 4 heteroatoms. The van der Waals surface area contributed by atoms with E-state index in [-0.39, 0.29) is 23.8 Å². The Morgan fingerprint density at radius 3 is 2.57 bits per heavy atom. The van der Waals surface area contributed by atoms with Gasteiger partial charge in [0.2, 0.25) is 0 Å². The Morgan fingerprint density at radius 1 is 1.07 bits per heavy atom. The van der Waals surface area contributed by atoms with Crippen molar-refractivity contribution < 1.29 is 19.1 Å². The van der Waals surface area contributed by atoms with Gasteiger partial charge in [0.15, 0.2) is 0 Å². The molecule has 146 valence electrons. The number of carbonyl (C=O) groups is 2. The number of fused-ring (bicyclic) bond motifs is 1. The topological polar surface area (TPSA) is 52.6 Å². The minimum absolute atomic E-state index is 0.0401. The molecule has 0 aromatic heterocycles. The average molecular weight is 378 g/mol. The zero-order valence-corrected chi connectivity index (χ0v) is 16.4. The summed E-state index contributed by atoms with van der Waals surface area (Å²) in [5.74, 6) is 0.792. The molecule has 1 aromatic rings. The van der Waals surface area contributed by atoms with Crippen LogP contribution in [0.25, 0.3) is 6.08 Å². The third-order valence-electron chi connectivity index (χ3n) is 6.00. The van der Waals surface area contributed by atoms with E-state index in [4.69, 9.17) is 9.47 Å². The van der Waals surface area contributed by atoms with E-state index < -0.39 is 0 Å². The number of hydrogen-bond acceptors (Lipinski definition) is 4. The Balaban J connectivity index is 1.39. The van der Waals surface area contributed by atoms with E-state index in [1.165, 1.54) is 0 Å². The van der Waals surface area contributed by atoms with Gasteiger partial charge < -0.3 is 9.47 Å². The molecule has 0 aliphatic heterocycles. The Kier molecular flexibility index (Phi) is 5.21. The summed E-state index contributed by atoms with van der Waals surface area (Å²) in [6.45, 7) is 5.04. The first-order valence-electron chi connectivity index (χ1n) is 10.1. The summed E-state index contributed by atoms with van der Waals surface area (Å²) >= 11 is 0. The summed E-state index contributed by atoms with van der Waals surface area (Å²) in [6.07, 6.45) is 12.0. The van der Waals surface area contributed by atoms with Crippen LogP contribution in [0.2, 0.25) is 0 Å². The normalized spacial score (nSPS) is 27.1. The molecule has 0 heterocycles. The van der Waals surface area contributed by atoms with Crippen LogP contribution in [0.4, 0.5) is 0 Å². The number of ether oxygens (including phenoxy) is 2. The molecule has 4 atom stereocenters. The van der Waals surface area contributed by atoms with Crippen molar-refractivity contribution >= 4 is 18.0 Å². The lowest BCUT2D eigenvalue weighted by atomic mass is 9.97. The summed E-state index contributed by atoms with van der Waals surface area (Å²) < 4.78 is 11.0. The summed E-state index contributed by atoms with van der Waals surface area (Å²) in [6, 6.07) is 5.52. The van der Waals surface area contributed by atoms with Crippen LogP contribution >= 0.6 is 0 Å². The Hall–Kier alpha value is -2.62. The monoisotopic (exact) mass is 378 g/mol. The van der Waals surface area contributed by atoms with Crippen LogP contribution in [-0.4, -0.2) is 25.2 Å². The fourth-order valence-electron chi connectivity index (χ4n) is 3.84. The number of benzene rings is 1. The molecule has 0 bridgehead atoms. The van der Waals surface area contributed by atoms with Crippen LogP contribution in [-0.2, 0) is 14.3 Å². The molecule has 0 saturated heterocycles. The third kappa shape index (κ3) is 3.96. The molecule has 1 saturated carbocycles. The molecule has 4 rings (SSSR count). The van der Waals surface area contributed by atoms with Crippen molar-refractivity contribution in [2.75, 3.05) is 13.2 Å². The second-order valence-corrected chi connectivity index (χ2v) is 8.14. The predicted octanol–water partition coefficient (Wildman–Crippen LogP) is 4.68. The number of esters is 2. The maximum absolute atomic E-state index is 12.6. The Bertz CT molecular complexity index is 877. The molecular weight excluding hydrogens is 352 g/mol. The van der Waals surface area contributed by atoms with E-state index in [0.29, 0.717) is 36.2 Å². The molecule has 0 amide bonds. The Labute approximate surface area is 165 Å². The standard InChI is InChI=1S/C24H26O4/c1-15-10-20(15)14-28-23(25)18-8-9-21-16(2)22(12-19(21)11-18)24(26)27-13-17-6-4-3-5-7-17/h3-6,8-9,11-12,15-17,20H,7,10,13-14H2,1-2H3/t15?,16?,17?,20-/m1/s1. The van der Waals surface area contributed by atoms with Crippen LogP contribution in [0.5, 0.6) is 0 Å². The van der Waals surface area contributed by atoms with Crippen molar-refractivity contribution in [3.63, 3.8) is 0 Å². The fourth-order valence-corrected chi connectivity index (χ4v) is 3.84. The number of allylic oxidation sites excluding steroid dienone is 3. The van der Waals surface area contributed by atoms with Gasteiger partial charge in [-0.15, -0.1) is 0 Å². The van der Waals surface area contributed by atoms with E-state index in [1.54, 1.807) is 6.07 Å². The second kappa shape index (κ2) is 7.78. The van der Waals surface area contributed by atoms with E-state index >= 15 is 0 Å². The highest BCUT2D eigenvalue weighted by Crippen LogP contribution is 2.39. The molecule has 4 nitrogen and oxygen atoms in total. The van der Waals surface area contributed by atoms with Crippen molar-refractivity contribution in [3.8, 4) is 0 Å². The number of rotatable bonds is 6. The molecule has 1 aromatic carbocycles. The van der Waals surface area contributed by atoms with E-state index in [1.807, 2.05) is 37.3 Å². The molecule has 3 unspecified atom stereocenters. The largest absolute Gasteiger partial charge is 0.462 e. The first-order chi connectivity index (χ1) is 13.5. The van der Waals surface area contributed by atoms with Gasteiger partial charge in [-0.3, -0.25) is 0 Å². The van der Waals surface area contributed by atoms with Crippen LogP contribution in [0, 0.1) is 17.8 Å². The smallest absolute Gasteiger partial charge is 0.338 e. The van der Waals surface area contributed by atoms with Gasteiger partial charge in [0, 0.05) is 17.4 Å². The van der Waals surface area contributed by atoms with E-state index in [9.17, 15) is 9.59 Å². The number of hydrogen-bond donors (Lipinski definition) is 0. The molecule has 28 heavy (non-hydrogen) atoms. The predicted molar refractivity (Wildman–Crippen MR) is 108 cm³/mol. The average Bonchev–Trinajstić information content (AvgIpc) is 3.33. The first-order valence-corrected chi connectivity index (χ1v) is 10.1. The highest BCUT2D eigenvalue weighted by Gasteiger charge is 2.34. The van der Waals surface area contributed by atoms with Gasteiger partial charge in [0.05, 0.1) is 18.8 Å². The van der Waals surface area contributed by atoms with Crippen molar-refractivity contribution in [1.82, 2.24) is 0 Å². The first kappa shape index (κ1) is 18.7. The van der Waals surface area contributed by atoms with Crippen molar-refractivity contribution in [2.24, 2.45) is 17.8 Å². The van der Waals surface area contributed by atoms with Crippen molar-refractivity contribution in [1.29, 1.82) is 0 Å². The van der Waals surface area contributed by atoms with Gasteiger partial charge in [0.25, 0.3) is 0 Å². The van der Waals surface area contributed by atoms with E-state index in [2.05, 4.69) is 19.1 Å². The third-order valence-corrected chi connectivity index (χ3v) is 6.00. The summed E-state index contributed by atoms with van der Waals surface area (Å²) in [7, 11) is 0. The van der Waals surface area contributed by atoms with Crippen LogP contribution in [0.15, 0.2) is 48.1 Å². The van der Waals surface area contributed by atoms with E-state index in [0.717, 1.165) is 24.0 Å². The Morgan fingerprint density at radius 2 is 1.86 bits per heavy atom. The van der Waals surface area contributed by atoms with Gasteiger partial charge in [-0.1, -0.05) is 44.2 Å². The lowest BCUT2D eigenvalue weighted by molar-refractivity contribution is -0.140. The number of carbonyl (C=O) groups excluding carboxylic acids is 2. The van der Waals surface area contributed by atoms with Gasteiger partial charge in [-0.05, 0) is 54.0 Å². The van der Waals surface area contributed by atoms with Crippen LogP contribution in [0.1, 0.15) is 54.1 Å². The molecular formula is C24H26O4. The van der Waals surface area contributed by atoms with Gasteiger partial charge in [-0.25, -0.2) is 9.59 Å². The highest BCUT2D eigenvalue weighted by molar-refractivity contribution is 5.99. The molecule has 0 spiro atoms. The van der Waals surface area contributed by atoms with Crippen molar-refractivity contribution in [3.05, 3.63) is 64.8 Å². The SMILES string of the molecule is CC1C(C(=O)OCC2C=CC=CC2)=Cc2cc(C(=O)OC[C@H]3CC3C)ccc21. The quantitative estimate of drug-likeness (QED) is 0.675. The lowest BCUT2D eigenvalue weighted by Gasteiger charge is -2.15. The summed E-state index contributed by atoms with van der Waals surface area (Å²) in [5.41, 5.74) is 3.11. The zero-order chi connectivity index (χ0) is 19.7. The molecule has 0 radical (unpaired) electrons. The highest BCUT2D eigenvalue weighted by atomic mass is 16.5. The maximum atomic E-state index is 12.6. The van der Waals surface area contributed by atoms with Gasteiger partial charge in [-0.2, -0.15) is 0 Å². The molecule has 1 fully saturated rings. The van der Waals surface area contributed by atoms with Gasteiger partial charge >= 0.3 is 11.9 Å². The lowest BCUT2D eigenvalue weighted by Crippen LogP contribution is -2.16. The minimum Gasteiger partial charge on any atom is -0.462 e. The zero-order valence-electron chi connectivity index (χ0n) is 16.4. The molecule has 3 aliphatic rings. The van der Waals surface area contributed by atoms with Gasteiger partial charge in [0.1, 0.15) is 0 Å². The summed E-state index contributed by atoms with van der Waals surface area (Å²) in [5, 5.41) is 0. The second-order valence-electron chi connectivity index (χ2n) is 8.14. The maximum Gasteiger partial charge on any atom is 0.338 e. The minimum atomic E-state index is -0.295. The fraction of sp³-hybridized carbons (Fsp3) is 0.417. The molecule has 3 aliphatic carbocycles. The van der Waals surface area contributed by atoms with Crippen LogP contribution in [0.3, 0.4) is 0 Å². The van der Waals surface area contributed by atoms with Crippen LogP contribution < -0.4 is 0 Å².